The first kappa shape index (κ1) is 13.3. The molecule has 1 aromatic rings. The summed E-state index contributed by atoms with van der Waals surface area (Å²) in [6.45, 7) is 4.88. The number of rotatable bonds is 3. The maximum atomic E-state index is 12.7. The van der Waals surface area contributed by atoms with Crippen LogP contribution in [0.4, 0.5) is 5.69 Å². The van der Waals surface area contributed by atoms with Crippen LogP contribution in [0.1, 0.15) is 55.3 Å². The van der Waals surface area contributed by atoms with Gasteiger partial charge in [-0.1, -0.05) is 13.8 Å². The number of hydrogen-bond acceptors (Lipinski definition) is 5. The number of piperidine rings is 1. The maximum absolute atomic E-state index is 12.7. The van der Waals surface area contributed by atoms with Gasteiger partial charge >= 0.3 is 0 Å². The first-order valence-electron chi connectivity index (χ1n) is 7.24. The summed E-state index contributed by atoms with van der Waals surface area (Å²) in [6.07, 6.45) is 5.10. The minimum atomic E-state index is -0.0190. The van der Waals surface area contributed by atoms with E-state index in [0.717, 1.165) is 19.4 Å². The Hall–Kier alpha value is -1.69. The molecule has 1 saturated carbocycles. The molecule has 6 nitrogen and oxygen atoms in total. The second-order valence-corrected chi connectivity index (χ2v) is 6.08. The van der Waals surface area contributed by atoms with Crippen molar-refractivity contribution in [1.82, 2.24) is 14.9 Å². The number of nitrogen functional groups attached to an aromatic ring is 1. The Labute approximate surface area is 118 Å². The van der Waals surface area contributed by atoms with Gasteiger partial charge in [-0.05, 0) is 25.2 Å². The normalized spacial score (nSPS) is 24.5. The minimum absolute atomic E-state index is 0.0190. The number of carbonyl (C=O) groups is 1. The Bertz CT molecular complexity index is 530. The lowest BCUT2D eigenvalue weighted by atomic mass is 10.1. The molecule has 2 atom stereocenters. The lowest BCUT2D eigenvalue weighted by Crippen LogP contribution is -2.38. The smallest absolute Gasteiger partial charge is 0.275 e. The number of amides is 1. The summed E-state index contributed by atoms with van der Waals surface area (Å²) >= 11 is 0. The molecule has 1 aromatic heterocycles. The summed E-state index contributed by atoms with van der Waals surface area (Å²) in [4.78, 5) is 23.4. The quantitative estimate of drug-likeness (QED) is 0.645. The fourth-order valence-electron chi connectivity index (χ4n) is 3.25. The zero-order valence-corrected chi connectivity index (χ0v) is 12.0. The molecule has 6 heteroatoms. The van der Waals surface area contributed by atoms with E-state index < -0.39 is 0 Å². The van der Waals surface area contributed by atoms with Crippen LogP contribution in [0.25, 0.3) is 0 Å². The molecule has 2 aliphatic rings. The van der Waals surface area contributed by atoms with Crippen molar-refractivity contribution in [3.05, 3.63) is 17.7 Å². The largest absolute Gasteiger partial charge is 0.334 e. The molecule has 108 valence electrons. The van der Waals surface area contributed by atoms with Crippen LogP contribution in [-0.2, 0) is 0 Å². The molecule has 3 N–H and O–H groups in total. The number of hydrogen-bond donors (Lipinski definition) is 2. The summed E-state index contributed by atoms with van der Waals surface area (Å²) in [5.41, 5.74) is 3.44. The molecule has 20 heavy (non-hydrogen) atoms. The van der Waals surface area contributed by atoms with Gasteiger partial charge in [-0.2, -0.15) is 0 Å². The molecule has 1 saturated heterocycles. The molecule has 2 fully saturated rings. The molecule has 0 aromatic carbocycles. The zero-order chi connectivity index (χ0) is 14.3. The Morgan fingerprint density at radius 2 is 2.30 bits per heavy atom. The molecule has 1 aliphatic heterocycles. The van der Waals surface area contributed by atoms with Crippen molar-refractivity contribution in [1.29, 1.82) is 0 Å². The van der Waals surface area contributed by atoms with E-state index in [9.17, 15) is 4.79 Å². The highest BCUT2D eigenvalue weighted by Gasteiger charge is 2.41. The van der Waals surface area contributed by atoms with Crippen LogP contribution in [0.5, 0.6) is 0 Å². The molecule has 1 amide bonds. The maximum Gasteiger partial charge on any atom is 0.275 e. The van der Waals surface area contributed by atoms with Gasteiger partial charge in [0.15, 0.2) is 5.69 Å². The van der Waals surface area contributed by atoms with Crippen molar-refractivity contribution in [3.8, 4) is 0 Å². The monoisotopic (exact) mass is 275 g/mol. The van der Waals surface area contributed by atoms with E-state index in [0.29, 0.717) is 29.2 Å². The molecule has 2 bridgehead atoms. The lowest BCUT2D eigenvalue weighted by Gasteiger charge is -2.27. The van der Waals surface area contributed by atoms with Gasteiger partial charge in [0.05, 0.1) is 11.9 Å². The Morgan fingerprint density at radius 3 is 2.85 bits per heavy atom. The number of nitrogens with one attached hydrogen (secondary N) is 1. The topological polar surface area (TPSA) is 84.1 Å². The SMILES string of the molecule is CC(C)c1ncc(NN)c(C(=O)N2CC3CCC2C3)n1. The summed E-state index contributed by atoms with van der Waals surface area (Å²) in [7, 11) is 0. The third kappa shape index (κ3) is 2.14. The first-order chi connectivity index (χ1) is 9.60. The summed E-state index contributed by atoms with van der Waals surface area (Å²) in [5.74, 6) is 7.00. The lowest BCUT2D eigenvalue weighted by molar-refractivity contribution is 0.0698. The number of fused-ring (bicyclic) bond motifs is 2. The van der Waals surface area contributed by atoms with Crippen molar-refractivity contribution in [2.75, 3.05) is 12.0 Å². The van der Waals surface area contributed by atoms with Crippen LogP contribution < -0.4 is 11.3 Å². The van der Waals surface area contributed by atoms with Gasteiger partial charge in [0.1, 0.15) is 5.82 Å². The number of anilines is 1. The van der Waals surface area contributed by atoms with E-state index in [4.69, 9.17) is 5.84 Å². The van der Waals surface area contributed by atoms with Crippen LogP contribution in [0.15, 0.2) is 6.20 Å². The van der Waals surface area contributed by atoms with Gasteiger partial charge in [0.2, 0.25) is 0 Å². The number of carbonyl (C=O) groups excluding carboxylic acids is 1. The predicted molar refractivity (Wildman–Crippen MR) is 76.1 cm³/mol. The van der Waals surface area contributed by atoms with Crippen LogP contribution in [0, 0.1) is 5.92 Å². The van der Waals surface area contributed by atoms with Gasteiger partial charge in [-0.25, -0.2) is 9.97 Å². The van der Waals surface area contributed by atoms with Crippen molar-refractivity contribution in [2.45, 2.75) is 45.1 Å². The third-order valence-corrected chi connectivity index (χ3v) is 4.35. The van der Waals surface area contributed by atoms with Crippen LogP contribution >= 0.6 is 0 Å². The summed E-state index contributed by atoms with van der Waals surface area (Å²) in [5, 5.41) is 0. The highest BCUT2D eigenvalue weighted by Crippen LogP contribution is 2.38. The Morgan fingerprint density at radius 1 is 1.50 bits per heavy atom. The van der Waals surface area contributed by atoms with E-state index in [-0.39, 0.29) is 11.8 Å². The average Bonchev–Trinajstić information content (AvgIpc) is 3.08. The second-order valence-electron chi connectivity index (χ2n) is 6.08. The Kier molecular flexibility index (Phi) is 3.33. The van der Waals surface area contributed by atoms with E-state index in [1.807, 2.05) is 18.7 Å². The Balaban J connectivity index is 1.91. The minimum Gasteiger partial charge on any atom is -0.334 e. The fourth-order valence-corrected chi connectivity index (χ4v) is 3.25. The summed E-state index contributed by atoms with van der Waals surface area (Å²) < 4.78 is 0. The second kappa shape index (κ2) is 5.01. The molecule has 3 rings (SSSR count). The highest BCUT2D eigenvalue weighted by atomic mass is 16.2. The van der Waals surface area contributed by atoms with Crippen molar-refractivity contribution in [2.24, 2.45) is 11.8 Å². The van der Waals surface area contributed by atoms with Gasteiger partial charge in [-0.3, -0.25) is 10.6 Å². The molecule has 2 unspecified atom stereocenters. The molecule has 0 radical (unpaired) electrons. The van der Waals surface area contributed by atoms with E-state index >= 15 is 0 Å². The zero-order valence-electron chi connectivity index (χ0n) is 12.0. The van der Waals surface area contributed by atoms with Gasteiger partial charge in [0, 0.05) is 18.5 Å². The van der Waals surface area contributed by atoms with E-state index in [1.165, 1.54) is 6.42 Å². The van der Waals surface area contributed by atoms with E-state index in [2.05, 4.69) is 15.4 Å². The van der Waals surface area contributed by atoms with Crippen molar-refractivity contribution >= 4 is 11.6 Å². The van der Waals surface area contributed by atoms with Crippen LogP contribution in [0.3, 0.4) is 0 Å². The number of likely N-dealkylation sites (tertiary alicyclic amines) is 1. The first-order valence-corrected chi connectivity index (χ1v) is 7.24. The molecule has 1 aliphatic carbocycles. The van der Waals surface area contributed by atoms with Crippen LogP contribution in [-0.4, -0.2) is 33.4 Å². The third-order valence-electron chi connectivity index (χ3n) is 4.35. The standard InChI is InChI=1S/C14H21N5O/c1-8(2)13-16-6-11(18-15)12(17-13)14(20)19-7-9-3-4-10(19)5-9/h6,8-10,18H,3-5,7,15H2,1-2H3. The van der Waals surface area contributed by atoms with Gasteiger partial charge in [0.25, 0.3) is 5.91 Å². The number of nitrogens with two attached hydrogens (primary N) is 1. The van der Waals surface area contributed by atoms with E-state index in [1.54, 1.807) is 6.20 Å². The molecule has 0 spiro atoms. The fraction of sp³-hybridized carbons (Fsp3) is 0.643. The molecular formula is C14H21N5O. The van der Waals surface area contributed by atoms with Gasteiger partial charge < -0.3 is 10.3 Å². The number of nitrogens with zero attached hydrogens (tertiary/aromatic N) is 3. The predicted octanol–water partition coefficient (Wildman–Crippen LogP) is 1.51. The number of hydrazine groups is 1. The summed E-state index contributed by atoms with van der Waals surface area (Å²) in [6, 6.07) is 0.385. The average molecular weight is 275 g/mol. The molecule has 2 heterocycles. The number of aromatic nitrogens is 2. The van der Waals surface area contributed by atoms with Crippen molar-refractivity contribution in [3.63, 3.8) is 0 Å². The highest BCUT2D eigenvalue weighted by molar-refractivity contribution is 5.97. The molecular weight excluding hydrogens is 254 g/mol. The van der Waals surface area contributed by atoms with Crippen LogP contribution in [0.2, 0.25) is 0 Å². The van der Waals surface area contributed by atoms with Crippen molar-refractivity contribution < 1.29 is 4.79 Å². The van der Waals surface area contributed by atoms with Gasteiger partial charge in [-0.15, -0.1) is 0 Å².